The second kappa shape index (κ2) is 5.09. The molecular formula is C10H18O2. The zero-order valence-corrected chi connectivity index (χ0v) is 8.55. The Morgan fingerprint density at radius 1 is 1.33 bits per heavy atom. The van der Waals surface area contributed by atoms with Crippen LogP contribution in [0.5, 0.6) is 0 Å². The molecule has 70 valence electrons. The van der Waals surface area contributed by atoms with Gasteiger partial charge in [0.05, 0.1) is 6.10 Å². The molecule has 0 fully saturated rings. The number of rotatable bonds is 4. The molecule has 1 unspecified atom stereocenters. The highest BCUT2D eigenvalue weighted by molar-refractivity contribution is 5.92. The van der Waals surface area contributed by atoms with Crippen LogP contribution in [0.1, 0.15) is 27.7 Å². The van der Waals surface area contributed by atoms with E-state index in [2.05, 4.69) is 13.8 Å². The van der Waals surface area contributed by atoms with E-state index in [0.29, 0.717) is 5.92 Å². The van der Waals surface area contributed by atoms with Gasteiger partial charge in [-0.2, -0.15) is 0 Å². The van der Waals surface area contributed by atoms with Gasteiger partial charge in [-0.15, -0.1) is 0 Å². The van der Waals surface area contributed by atoms with Crippen molar-refractivity contribution >= 4 is 5.78 Å². The molecule has 12 heavy (non-hydrogen) atoms. The van der Waals surface area contributed by atoms with Crippen molar-refractivity contribution in [2.45, 2.75) is 33.8 Å². The molecule has 0 aliphatic rings. The molecule has 0 rings (SSSR count). The van der Waals surface area contributed by atoms with Crippen molar-refractivity contribution in [2.24, 2.45) is 5.92 Å². The van der Waals surface area contributed by atoms with Gasteiger partial charge in [0.25, 0.3) is 0 Å². The summed E-state index contributed by atoms with van der Waals surface area (Å²) < 4.78 is 5.20. The van der Waals surface area contributed by atoms with E-state index in [-0.39, 0.29) is 11.9 Å². The van der Waals surface area contributed by atoms with E-state index in [0.717, 1.165) is 5.57 Å². The lowest BCUT2D eigenvalue weighted by molar-refractivity contribution is -0.113. The summed E-state index contributed by atoms with van der Waals surface area (Å²) in [7, 11) is 1.66. The van der Waals surface area contributed by atoms with Crippen LogP contribution in [-0.4, -0.2) is 19.0 Å². The van der Waals surface area contributed by atoms with E-state index in [1.807, 2.05) is 13.0 Å². The number of carbonyl (C=O) groups is 1. The molecule has 0 saturated carbocycles. The average Bonchev–Trinajstić information content (AvgIpc) is 1.98. The normalized spacial score (nSPS) is 15.0. The minimum atomic E-state index is 0.0499. The second-order valence-electron chi connectivity index (χ2n) is 3.35. The molecule has 2 nitrogen and oxygen atoms in total. The van der Waals surface area contributed by atoms with Crippen molar-refractivity contribution in [3.8, 4) is 0 Å². The van der Waals surface area contributed by atoms with Gasteiger partial charge < -0.3 is 4.74 Å². The predicted molar refractivity (Wildman–Crippen MR) is 50.1 cm³/mol. The highest BCUT2D eigenvalue weighted by atomic mass is 16.5. The predicted octanol–water partition coefficient (Wildman–Crippen LogP) is 2.19. The number of methoxy groups -OCH3 is 1. The minimum absolute atomic E-state index is 0.0499. The Bertz CT molecular complexity index is 180. The first-order chi connectivity index (χ1) is 5.49. The molecule has 0 aromatic heterocycles. The summed E-state index contributed by atoms with van der Waals surface area (Å²) in [6, 6.07) is 0. The third kappa shape index (κ3) is 3.67. The van der Waals surface area contributed by atoms with Gasteiger partial charge in [-0.1, -0.05) is 13.8 Å². The average molecular weight is 170 g/mol. The molecule has 0 amide bonds. The summed E-state index contributed by atoms with van der Waals surface area (Å²) >= 11 is 0. The standard InChI is InChI=1S/C10H18O2/c1-7(2)10(12-5)6-8(3)9(4)11/h6-7,10H,1-5H3. The zero-order chi connectivity index (χ0) is 9.72. The largest absolute Gasteiger partial charge is 0.377 e. The number of carbonyl (C=O) groups excluding carboxylic acids is 1. The SMILES string of the molecule is COC(C=C(C)C(C)=O)C(C)C. The fourth-order valence-corrected chi connectivity index (χ4v) is 0.896. The molecule has 0 radical (unpaired) electrons. The van der Waals surface area contributed by atoms with E-state index in [1.165, 1.54) is 0 Å². The zero-order valence-electron chi connectivity index (χ0n) is 8.55. The highest BCUT2D eigenvalue weighted by Crippen LogP contribution is 2.09. The molecule has 0 bridgehead atoms. The Morgan fingerprint density at radius 2 is 1.83 bits per heavy atom. The van der Waals surface area contributed by atoms with Crippen molar-refractivity contribution in [2.75, 3.05) is 7.11 Å². The monoisotopic (exact) mass is 170 g/mol. The number of hydrogen-bond acceptors (Lipinski definition) is 2. The van der Waals surface area contributed by atoms with E-state index in [4.69, 9.17) is 4.74 Å². The van der Waals surface area contributed by atoms with Crippen molar-refractivity contribution in [1.29, 1.82) is 0 Å². The summed E-state index contributed by atoms with van der Waals surface area (Å²) in [5.74, 6) is 0.516. The van der Waals surface area contributed by atoms with E-state index in [1.54, 1.807) is 14.0 Å². The lowest BCUT2D eigenvalue weighted by atomic mass is 10.0. The number of hydrogen-bond donors (Lipinski definition) is 0. The maximum atomic E-state index is 10.9. The van der Waals surface area contributed by atoms with Crippen LogP contribution in [0.3, 0.4) is 0 Å². The Labute approximate surface area is 74.6 Å². The smallest absolute Gasteiger partial charge is 0.155 e. The molecule has 0 aliphatic heterocycles. The molecule has 0 heterocycles. The van der Waals surface area contributed by atoms with Gasteiger partial charge >= 0.3 is 0 Å². The molecule has 1 atom stereocenters. The van der Waals surface area contributed by atoms with Crippen LogP contribution < -0.4 is 0 Å². The third-order valence-corrected chi connectivity index (χ3v) is 1.90. The lowest BCUT2D eigenvalue weighted by Crippen LogP contribution is -2.16. The van der Waals surface area contributed by atoms with Crippen LogP contribution >= 0.6 is 0 Å². The summed E-state index contributed by atoms with van der Waals surface area (Å²) in [5.41, 5.74) is 0.774. The topological polar surface area (TPSA) is 26.3 Å². The number of ether oxygens (including phenoxy) is 1. The van der Waals surface area contributed by atoms with Crippen LogP contribution in [0.4, 0.5) is 0 Å². The summed E-state index contributed by atoms with van der Waals surface area (Å²) in [5, 5.41) is 0. The van der Waals surface area contributed by atoms with Gasteiger partial charge in [0.15, 0.2) is 5.78 Å². The van der Waals surface area contributed by atoms with Gasteiger partial charge in [-0.25, -0.2) is 0 Å². The maximum absolute atomic E-state index is 10.9. The lowest BCUT2D eigenvalue weighted by Gasteiger charge is -2.15. The molecular weight excluding hydrogens is 152 g/mol. The van der Waals surface area contributed by atoms with Crippen LogP contribution in [-0.2, 0) is 9.53 Å². The third-order valence-electron chi connectivity index (χ3n) is 1.90. The Balaban J connectivity index is 4.35. The number of Topliss-reactive ketones (excluding diaryl/α,β-unsaturated/α-hetero) is 1. The first kappa shape index (κ1) is 11.4. The van der Waals surface area contributed by atoms with Gasteiger partial charge in [-0.3, -0.25) is 4.79 Å². The van der Waals surface area contributed by atoms with Gasteiger partial charge in [0.2, 0.25) is 0 Å². The fraction of sp³-hybridized carbons (Fsp3) is 0.700. The van der Waals surface area contributed by atoms with Gasteiger partial charge in [0.1, 0.15) is 0 Å². The summed E-state index contributed by atoms with van der Waals surface area (Å²) in [4.78, 5) is 10.9. The Hall–Kier alpha value is -0.630. The number of ketones is 1. The molecule has 0 aromatic carbocycles. The summed E-state index contributed by atoms with van der Waals surface area (Å²) in [6.45, 7) is 7.52. The van der Waals surface area contributed by atoms with Crippen LogP contribution in [0, 0.1) is 5.92 Å². The molecule has 0 aromatic rings. The van der Waals surface area contributed by atoms with E-state index in [9.17, 15) is 4.79 Å². The van der Waals surface area contributed by atoms with Crippen LogP contribution in [0.2, 0.25) is 0 Å². The van der Waals surface area contributed by atoms with Gasteiger partial charge in [0, 0.05) is 7.11 Å². The maximum Gasteiger partial charge on any atom is 0.155 e. The van der Waals surface area contributed by atoms with E-state index < -0.39 is 0 Å². The molecule has 2 heteroatoms. The van der Waals surface area contributed by atoms with Crippen LogP contribution in [0.15, 0.2) is 11.6 Å². The Kier molecular flexibility index (Phi) is 4.83. The minimum Gasteiger partial charge on any atom is -0.377 e. The highest BCUT2D eigenvalue weighted by Gasteiger charge is 2.09. The molecule has 0 aliphatic carbocycles. The molecule has 0 spiro atoms. The van der Waals surface area contributed by atoms with Gasteiger partial charge in [-0.05, 0) is 31.4 Å². The number of allylic oxidation sites excluding steroid dienone is 1. The quantitative estimate of drug-likeness (QED) is 0.604. The van der Waals surface area contributed by atoms with E-state index >= 15 is 0 Å². The fourth-order valence-electron chi connectivity index (χ4n) is 0.896. The van der Waals surface area contributed by atoms with Crippen LogP contribution in [0.25, 0.3) is 0 Å². The van der Waals surface area contributed by atoms with Crippen molar-refractivity contribution in [3.05, 3.63) is 11.6 Å². The summed E-state index contributed by atoms with van der Waals surface area (Å²) in [6.07, 6.45) is 1.93. The van der Waals surface area contributed by atoms with Crippen molar-refractivity contribution in [1.82, 2.24) is 0 Å². The Morgan fingerprint density at radius 3 is 2.08 bits per heavy atom. The van der Waals surface area contributed by atoms with Crippen molar-refractivity contribution in [3.63, 3.8) is 0 Å². The first-order valence-electron chi connectivity index (χ1n) is 4.21. The molecule has 0 saturated heterocycles. The molecule has 0 N–H and O–H groups in total. The second-order valence-corrected chi connectivity index (χ2v) is 3.35. The van der Waals surface area contributed by atoms with Crippen molar-refractivity contribution < 1.29 is 9.53 Å². The first-order valence-corrected chi connectivity index (χ1v) is 4.21.